The predicted molar refractivity (Wildman–Crippen MR) is 104 cm³/mol. The molecule has 0 aliphatic heterocycles. The summed E-state index contributed by atoms with van der Waals surface area (Å²) in [4.78, 5) is 9.53. The molecule has 0 radical (unpaired) electrons. The summed E-state index contributed by atoms with van der Waals surface area (Å²) < 4.78 is 0. The summed E-state index contributed by atoms with van der Waals surface area (Å²) in [7, 11) is 3.91. The van der Waals surface area contributed by atoms with Gasteiger partial charge in [-0.05, 0) is 43.7 Å². The number of anilines is 1. The van der Waals surface area contributed by atoms with Crippen molar-refractivity contribution in [1.29, 1.82) is 5.41 Å². The zero-order chi connectivity index (χ0) is 18.1. The number of benzene rings is 1. The fourth-order valence-electron chi connectivity index (χ4n) is 3.07. The topological polar surface area (TPSA) is 76.0 Å². The number of aliphatic hydroxyl groups is 1. The van der Waals surface area contributed by atoms with Crippen molar-refractivity contribution in [2.75, 3.05) is 19.0 Å². The van der Waals surface area contributed by atoms with Crippen LogP contribution in [0.2, 0.25) is 0 Å². The highest BCUT2D eigenvalue weighted by molar-refractivity contribution is 6.23. The number of pyridine rings is 1. The number of aliphatic hydroxyl groups excluding tert-OH is 1. The molecule has 0 saturated heterocycles. The van der Waals surface area contributed by atoms with E-state index in [2.05, 4.69) is 16.0 Å². The average Bonchev–Trinajstić information content (AvgIpc) is 3.01. The molecule has 5 heteroatoms. The van der Waals surface area contributed by atoms with Crippen LogP contribution in [0.5, 0.6) is 0 Å². The van der Waals surface area contributed by atoms with Gasteiger partial charge in [-0.3, -0.25) is 0 Å². The Morgan fingerprint density at radius 1 is 1.12 bits per heavy atom. The molecule has 3 rings (SSSR count). The van der Waals surface area contributed by atoms with Gasteiger partial charge in [-0.1, -0.05) is 6.07 Å². The SMILES string of the molecule is CC(=N)/C(=C(/C)O)c1cc(-c2cnc3[nH]ccc3c2)ccc1N(C)C. The van der Waals surface area contributed by atoms with Crippen LogP contribution in [-0.4, -0.2) is 34.9 Å². The molecule has 0 amide bonds. The van der Waals surface area contributed by atoms with Crippen molar-refractivity contribution in [3.8, 4) is 11.1 Å². The molecule has 0 fully saturated rings. The Morgan fingerprint density at radius 2 is 1.88 bits per heavy atom. The molecule has 0 aliphatic rings. The van der Waals surface area contributed by atoms with Gasteiger partial charge >= 0.3 is 0 Å². The number of hydrogen-bond donors (Lipinski definition) is 3. The zero-order valence-corrected chi connectivity index (χ0v) is 14.9. The normalized spacial score (nSPS) is 12.2. The highest BCUT2D eigenvalue weighted by atomic mass is 16.3. The number of H-pyrrole nitrogens is 1. The Morgan fingerprint density at radius 3 is 2.52 bits per heavy atom. The maximum absolute atomic E-state index is 10.1. The van der Waals surface area contributed by atoms with Crippen LogP contribution >= 0.6 is 0 Å². The lowest BCUT2D eigenvalue weighted by Gasteiger charge is -2.20. The quantitative estimate of drug-likeness (QED) is 0.481. The standard InChI is InChI=1S/C20H22N4O/c1-12(21)19(13(2)25)17-10-14(5-6-18(17)24(3)4)16-9-15-7-8-22-20(15)23-11-16/h5-11,21,25H,1-4H3,(H,22,23)/b19-13+,21-12?. The van der Waals surface area contributed by atoms with Crippen molar-refractivity contribution in [2.45, 2.75) is 13.8 Å². The summed E-state index contributed by atoms with van der Waals surface area (Å²) in [5, 5.41) is 19.2. The monoisotopic (exact) mass is 334 g/mol. The Kier molecular flexibility index (Phi) is 4.31. The summed E-state index contributed by atoms with van der Waals surface area (Å²) in [5.41, 5.74) is 5.53. The van der Waals surface area contributed by atoms with Crippen molar-refractivity contribution in [1.82, 2.24) is 9.97 Å². The zero-order valence-electron chi connectivity index (χ0n) is 14.9. The molecular formula is C20H22N4O. The number of aromatic amines is 1. The second kappa shape index (κ2) is 6.43. The number of fused-ring (bicyclic) bond motifs is 1. The van der Waals surface area contributed by atoms with Gasteiger partial charge in [0, 0.05) is 60.0 Å². The van der Waals surface area contributed by atoms with Crippen molar-refractivity contribution < 1.29 is 5.11 Å². The molecule has 1 aromatic carbocycles. The van der Waals surface area contributed by atoms with E-state index in [-0.39, 0.29) is 5.76 Å². The molecule has 0 saturated carbocycles. The van der Waals surface area contributed by atoms with Crippen LogP contribution in [0.3, 0.4) is 0 Å². The third-order valence-corrected chi connectivity index (χ3v) is 4.22. The first-order chi connectivity index (χ1) is 11.9. The third-order valence-electron chi connectivity index (χ3n) is 4.22. The van der Waals surface area contributed by atoms with E-state index in [1.807, 2.05) is 55.7 Å². The molecule has 2 heterocycles. The fraction of sp³-hybridized carbons (Fsp3) is 0.200. The molecule has 5 nitrogen and oxygen atoms in total. The number of aromatic nitrogens is 2. The van der Waals surface area contributed by atoms with Crippen molar-refractivity contribution in [2.24, 2.45) is 0 Å². The highest BCUT2D eigenvalue weighted by Crippen LogP contribution is 2.33. The Hall–Kier alpha value is -3.08. The van der Waals surface area contributed by atoms with E-state index >= 15 is 0 Å². The van der Waals surface area contributed by atoms with Gasteiger partial charge < -0.3 is 20.4 Å². The maximum atomic E-state index is 10.1. The molecule has 0 aliphatic carbocycles. The van der Waals surface area contributed by atoms with Crippen molar-refractivity contribution in [3.05, 3.63) is 54.0 Å². The number of nitrogens with zero attached hydrogens (tertiary/aromatic N) is 2. The summed E-state index contributed by atoms with van der Waals surface area (Å²) >= 11 is 0. The number of nitrogens with one attached hydrogen (secondary N) is 2. The number of allylic oxidation sites excluding steroid dienone is 2. The van der Waals surface area contributed by atoms with Gasteiger partial charge in [-0.15, -0.1) is 0 Å². The Labute approximate surface area is 147 Å². The van der Waals surface area contributed by atoms with Gasteiger partial charge in [0.25, 0.3) is 0 Å². The van der Waals surface area contributed by atoms with E-state index < -0.39 is 0 Å². The summed E-state index contributed by atoms with van der Waals surface area (Å²) in [6.07, 6.45) is 3.70. The first-order valence-electron chi connectivity index (χ1n) is 8.09. The molecule has 0 unspecified atom stereocenters. The van der Waals surface area contributed by atoms with Gasteiger partial charge in [0.15, 0.2) is 0 Å². The van der Waals surface area contributed by atoms with Gasteiger partial charge in [-0.25, -0.2) is 4.98 Å². The lowest BCUT2D eigenvalue weighted by molar-refractivity contribution is 0.418. The molecule has 2 aromatic heterocycles. The molecule has 25 heavy (non-hydrogen) atoms. The molecule has 128 valence electrons. The van der Waals surface area contributed by atoms with Gasteiger partial charge in [0.1, 0.15) is 5.65 Å². The number of rotatable bonds is 4. The minimum atomic E-state index is 0.145. The maximum Gasteiger partial charge on any atom is 0.137 e. The van der Waals surface area contributed by atoms with Crippen LogP contribution in [0.1, 0.15) is 19.4 Å². The number of hydrogen-bond acceptors (Lipinski definition) is 4. The summed E-state index contributed by atoms with van der Waals surface area (Å²) in [6.45, 7) is 3.31. The molecule has 0 spiro atoms. The van der Waals surface area contributed by atoms with E-state index in [0.717, 1.165) is 33.4 Å². The second-order valence-corrected chi connectivity index (χ2v) is 6.35. The third kappa shape index (κ3) is 3.13. The first kappa shape index (κ1) is 16.8. The van der Waals surface area contributed by atoms with E-state index in [1.165, 1.54) is 0 Å². The van der Waals surface area contributed by atoms with Gasteiger partial charge in [0.2, 0.25) is 0 Å². The van der Waals surface area contributed by atoms with Crippen LogP contribution < -0.4 is 4.90 Å². The highest BCUT2D eigenvalue weighted by Gasteiger charge is 2.16. The van der Waals surface area contributed by atoms with Crippen LogP contribution in [0.15, 0.2) is 48.5 Å². The molecular weight excluding hydrogens is 312 g/mol. The van der Waals surface area contributed by atoms with Crippen LogP contribution in [0.25, 0.3) is 27.7 Å². The molecule has 0 atom stereocenters. The molecule has 3 aromatic rings. The van der Waals surface area contributed by atoms with Crippen LogP contribution in [-0.2, 0) is 0 Å². The van der Waals surface area contributed by atoms with Crippen LogP contribution in [0, 0.1) is 5.41 Å². The first-order valence-corrected chi connectivity index (χ1v) is 8.09. The summed E-state index contributed by atoms with van der Waals surface area (Å²) in [5.74, 6) is 0.145. The van der Waals surface area contributed by atoms with E-state index in [1.54, 1.807) is 13.8 Å². The minimum Gasteiger partial charge on any atom is -0.512 e. The largest absolute Gasteiger partial charge is 0.512 e. The lowest BCUT2D eigenvalue weighted by Crippen LogP contribution is -2.13. The summed E-state index contributed by atoms with van der Waals surface area (Å²) in [6, 6.07) is 10.1. The average molecular weight is 334 g/mol. The van der Waals surface area contributed by atoms with Crippen molar-refractivity contribution in [3.63, 3.8) is 0 Å². The van der Waals surface area contributed by atoms with E-state index in [0.29, 0.717) is 11.3 Å². The Bertz CT molecular complexity index is 978. The Balaban J connectivity index is 2.21. The van der Waals surface area contributed by atoms with Crippen molar-refractivity contribution >= 4 is 28.0 Å². The van der Waals surface area contributed by atoms with Gasteiger partial charge in [0.05, 0.1) is 5.76 Å². The van der Waals surface area contributed by atoms with E-state index in [9.17, 15) is 5.11 Å². The molecule has 3 N–H and O–H groups in total. The molecule has 0 bridgehead atoms. The van der Waals surface area contributed by atoms with E-state index in [4.69, 9.17) is 5.41 Å². The lowest BCUT2D eigenvalue weighted by atomic mass is 9.94. The fourth-order valence-corrected chi connectivity index (χ4v) is 3.07. The second-order valence-electron chi connectivity index (χ2n) is 6.35. The minimum absolute atomic E-state index is 0.145. The smallest absolute Gasteiger partial charge is 0.137 e. The predicted octanol–water partition coefficient (Wildman–Crippen LogP) is 4.62. The van der Waals surface area contributed by atoms with Gasteiger partial charge in [-0.2, -0.15) is 0 Å². The van der Waals surface area contributed by atoms with Crippen LogP contribution in [0.4, 0.5) is 5.69 Å².